The summed E-state index contributed by atoms with van der Waals surface area (Å²) < 4.78 is 10.2. The van der Waals surface area contributed by atoms with Gasteiger partial charge in [-0.25, -0.2) is 0 Å². The van der Waals surface area contributed by atoms with Crippen molar-refractivity contribution in [1.29, 1.82) is 0 Å². The third-order valence-electron chi connectivity index (χ3n) is 3.02. The molecule has 1 N–H and O–H groups in total. The SMILES string of the molecule is COCCc1noc(CN2CCNC[C@H]2C)n1.Cl. The summed E-state index contributed by atoms with van der Waals surface area (Å²) in [5.41, 5.74) is 0. The van der Waals surface area contributed by atoms with E-state index in [9.17, 15) is 0 Å². The van der Waals surface area contributed by atoms with Gasteiger partial charge in [0.1, 0.15) is 0 Å². The van der Waals surface area contributed by atoms with Gasteiger partial charge in [0, 0.05) is 39.2 Å². The number of nitrogens with zero attached hydrogens (tertiary/aromatic N) is 3. The Morgan fingerprint density at radius 1 is 1.56 bits per heavy atom. The second-order valence-corrected chi connectivity index (χ2v) is 4.37. The Morgan fingerprint density at radius 3 is 3.11 bits per heavy atom. The van der Waals surface area contributed by atoms with E-state index in [0.717, 1.165) is 32.0 Å². The Hall–Kier alpha value is -0.690. The fourth-order valence-electron chi connectivity index (χ4n) is 1.94. The molecule has 0 amide bonds. The molecule has 1 aliphatic heterocycles. The minimum atomic E-state index is 0. The summed E-state index contributed by atoms with van der Waals surface area (Å²) in [5.74, 6) is 1.43. The van der Waals surface area contributed by atoms with Gasteiger partial charge in [-0.3, -0.25) is 4.90 Å². The third kappa shape index (κ3) is 4.20. The summed E-state index contributed by atoms with van der Waals surface area (Å²) in [5, 5.41) is 7.29. The van der Waals surface area contributed by atoms with E-state index in [1.54, 1.807) is 7.11 Å². The highest BCUT2D eigenvalue weighted by atomic mass is 35.5. The fraction of sp³-hybridized carbons (Fsp3) is 0.818. The van der Waals surface area contributed by atoms with Crippen molar-refractivity contribution in [2.75, 3.05) is 33.4 Å². The number of ether oxygens (including phenoxy) is 1. The van der Waals surface area contributed by atoms with Crippen LogP contribution in [0, 0.1) is 0 Å². The van der Waals surface area contributed by atoms with Crippen LogP contribution in [-0.4, -0.2) is 54.4 Å². The van der Waals surface area contributed by atoms with Gasteiger partial charge >= 0.3 is 0 Å². The molecule has 0 aliphatic carbocycles. The second-order valence-electron chi connectivity index (χ2n) is 4.37. The molecule has 1 aliphatic rings. The van der Waals surface area contributed by atoms with E-state index in [1.165, 1.54) is 0 Å². The van der Waals surface area contributed by atoms with Gasteiger partial charge in [-0.05, 0) is 6.92 Å². The smallest absolute Gasteiger partial charge is 0.240 e. The zero-order valence-corrected chi connectivity index (χ0v) is 11.7. The zero-order valence-electron chi connectivity index (χ0n) is 10.9. The van der Waals surface area contributed by atoms with Crippen molar-refractivity contribution >= 4 is 12.4 Å². The molecule has 7 heteroatoms. The maximum atomic E-state index is 5.23. The molecule has 0 radical (unpaired) electrons. The number of aromatic nitrogens is 2. The molecule has 18 heavy (non-hydrogen) atoms. The lowest BCUT2D eigenvalue weighted by molar-refractivity contribution is 0.146. The number of nitrogens with one attached hydrogen (secondary N) is 1. The first-order chi connectivity index (χ1) is 8.29. The van der Waals surface area contributed by atoms with Crippen LogP contribution in [0.2, 0.25) is 0 Å². The van der Waals surface area contributed by atoms with Crippen molar-refractivity contribution in [2.45, 2.75) is 25.9 Å². The summed E-state index contributed by atoms with van der Waals surface area (Å²) in [7, 11) is 1.67. The number of methoxy groups -OCH3 is 1. The van der Waals surface area contributed by atoms with Crippen molar-refractivity contribution in [3.05, 3.63) is 11.7 Å². The summed E-state index contributed by atoms with van der Waals surface area (Å²) in [4.78, 5) is 6.71. The van der Waals surface area contributed by atoms with Gasteiger partial charge < -0.3 is 14.6 Å². The fourth-order valence-corrected chi connectivity index (χ4v) is 1.94. The van der Waals surface area contributed by atoms with E-state index < -0.39 is 0 Å². The van der Waals surface area contributed by atoms with E-state index >= 15 is 0 Å². The first kappa shape index (κ1) is 15.4. The van der Waals surface area contributed by atoms with Crippen LogP contribution in [-0.2, 0) is 17.7 Å². The van der Waals surface area contributed by atoms with Crippen molar-refractivity contribution in [1.82, 2.24) is 20.4 Å². The van der Waals surface area contributed by atoms with E-state index in [-0.39, 0.29) is 12.4 Å². The van der Waals surface area contributed by atoms with E-state index in [0.29, 0.717) is 25.0 Å². The number of hydrogen-bond donors (Lipinski definition) is 1. The quantitative estimate of drug-likeness (QED) is 0.844. The van der Waals surface area contributed by atoms with E-state index in [1.807, 2.05) is 0 Å². The van der Waals surface area contributed by atoms with Crippen molar-refractivity contribution < 1.29 is 9.26 Å². The van der Waals surface area contributed by atoms with Crippen LogP contribution in [0.1, 0.15) is 18.6 Å². The largest absolute Gasteiger partial charge is 0.384 e. The Bertz CT molecular complexity index is 348. The third-order valence-corrected chi connectivity index (χ3v) is 3.02. The maximum Gasteiger partial charge on any atom is 0.240 e. The molecule has 1 saturated heterocycles. The molecule has 104 valence electrons. The van der Waals surface area contributed by atoms with Crippen LogP contribution in [0.3, 0.4) is 0 Å². The molecule has 0 bridgehead atoms. The molecule has 2 rings (SSSR count). The standard InChI is InChI=1S/C11H20N4O2.ClH/c1-9-7-12-4-5-15(9)8-11-13-10(14-17-11)3-6-16-2;/h9,12H,3-8H2,1-2H3;1H/t9-;/m1./s1. The van der Waals surface area contributed by atoms with Gasteiger partial charge in [-0.1, -0.05) is 5.16 Å². The van der Waals surface area contributed by atoms with Crippen LogP contribution in [0.15, 0.2) is 4.52 Å². The normalized spacial score (nSPS) is 20.7. The van der Waals surface area contributed by atoms with Gasteiger partial charge in [0.25, 0.3) is 0 Å². The lowest BCUT2D eigenvalue weighted by atomic mass is 10.2. The predicted molar refractivity (Wildman–Crippen MR) is 69.9 cm³/mol. The Labute approximate surface area is 113 Å². The lowest BCUT2D eigenvalue weighted by Gasteiger charge is -2.32. The van der Waals surface area contributed by atoms with Crippen molar-refractivity contribution in [2.24, 2.45) is 0 Å². The molecular formula is C11H21ClN4O2. The summed E-state index contributed by atoms with van der Waals surface area (Å²) in [6.45, 7) is 6.64. The first-order valence-corrected chi connectivity index (χ1v) is 6.04. The molecule has 1 aromatic rings. The average molecular weight is 277 g/mol. The number of halogens is 1. The molecule has 1 aromatic heterocycles. The molecule has 6 nitrogen and oxygen atoms in total. The Morgan fingerprint density at radius 2 is 2.39 bits per heavy atom. The minimum Gasteiger partial charge on any atom is -0.384 e. The highest BCUT2D eigenvalue weighted by Crippen LogP contribution is 2.08. The molecule has 1 atom stereocenters. The van der Waals surface area contributed by atoms with Crippen molar-refractivity contribution in [3.8, 4) is 0 Å². The van der Waals surface area contributed by atoms with Crippen LogP contribution in [0.4, 0.5) is 0 Å². The summed E-state index contributed by atoms with van der Waals surface area (Å²) in [6.07, 6.45) is 0.705. The molecular weight excluding hydrogens is 256 g/mol. The van der Waals surface area contributed by atoms with Gasteiger partial charge in [0.05, 0.1) is 13.2 Å². The number of piperazine rings is 1. The average Bonchev–Trinajstić information content (AvgIpc) is 2.77. The maximum absolute atomic E-state index is 5.23. The monoisotopic (exact) mass is 276 g/mol. The topological polar surface area (TPSA) is 63.4 Å². The van der Waals surface area contributed by atoms with Gasteiger partial charge in [-0.2, -0.15) is 4.98 Å². The lowest BCUT2D eigenvalue weighted by Crippen LogP contribution is -2.49. The molecule has 0 aromatic carbocycles. The number of hydrogen-bond acceptors (Lipinski definition) is 6. The van der Waals surface area contributed by atoms with Crippen LogP contribution in [0.5, 0.6) is 0 Å². The van der Waals surface area contributed by atoms with E-state index in [2.05, 4.69) is 27.3 Å². The van der Waals surface area contributed by atoms with Crippen LogP contribution >= 0.6 is 12.4 Å². The summed E-state index contributed by atoms with van der Waals surface area (Å²) in [6, 6.07) is 0.512. The minimum absolute atomic E-state index is 0. The molecule has 2 heterocycles. The van der Waals surface area contributed by atoms with Crippen LogP contribution in [0.25, 0.3) is 0 Å². The molecule has 0 saturated carbocycles. The first-order valence-electron chi connectivity index (χ1n) is 6.04. The molecule has 0 unspecified atom stereocenters. The van der Waals surface area contributed by atoms with E-state index in [4.69, 9.17) is 9.26 Å². The Balaban J connectivity index is 0.00000162. The Kier molecular flexibility index (Phi) is 6.56. The highest BCUT2D eigenvalue weighted by molar-refractivity contribution is 5.85. The van der Waals surface area contributed by atoms with Gasteiger partial charge in [-0.15, -0.1) is 12.4 Å². The number of rotatable bonds is 5. The summed E-state index contributed by atoms with van der Waals surface area (Å²) >= 11 is 0. The zero-order chi connectivity index (χ0) is 12.1. The van der Waals surface area contributed by atoms with Crippen molar-refractivity contribution in [3.63, 3.8) is 0 Å². The van der Waals surface area contributed by atoms with Gasteiger partial charge in [0.2, 0.25) is 5.89 Å². The second kappa shape index (κ2) is 7.68. The molecule has 0 spiro atoms. The highest BCUT2D eigenvalue weighted by Gasteiger charge is 2.20. The van der Waals surface area contributed by atoms with Gasteiger partial charge in [0.15, 0.2) is 5.82 Å². The predicted octanol–water partition coefficient (Wildman–Crippen LogP) is 0.474. The van der Waals surface area contributed by atoms with Crippen LogP contribution < -0.4 is 5.32 Å². The molecule has 1 fully saturated rings.